The Hall–Kier alpha value is -3.30. The molecule has 4 fully saturated rings. The van der Waals surface area contributed by atoms with E-state index in [-0.39, 0.29) is 34.7 Å². The second-order valence-electron chi connectivity index (χ2n) is 18.2. The van der Waals surface area contributed by atoms with Crippen molar-refractivity contribution in [2.75, 3.05) is 0 Å². The maximum atomic E-state index is 12.5. The van der Waals surface area contributed by atoms with Gasteiger partial charge in [-0.25, -0.2) is 0 Å². The summed E-state index contributed by atoms with van der Waals surface area (Å²) in [6.07, 6.45) is 26.8. The summed E-state index contributed by atoms with van der Waals surface area (Å²) < 4.78 is 63.8. The summed E-state index contributed by atoms with van der Waals surface area (Å²) in [7, 11) is 0. The number of rotatable bonds is 17. The molecule has 0 atom stereocenters. The molecule has 2 aromatic carbocycles. The van der Waals surface area contributed by atoms with Gasteiger partial charge in [0.2, 0.25) is 0 Å². The van der Waals surface area contributed by atoms with Crippen LogP contribution in [0.25, 0.3) is 0 Å². The number of benzene rings is 2. The SMILES string of the molecule is CCCCCC1CCC([C@]2(c3ccc(OC(F)F)cc3)CC[C@@H](C(=O)O)CC2)CC1.CCCC[C@H]1CC[C@H]([C@H]2CC[C@H](C(=O)Oc3ccc(OC(F)F)cc3)CC2)CC1. The highest BCUT2D eigenvalue weighted by atomic mass is 19.3. The van der Waals surface area contributed by atoms with Crippen LogP contribution in [0.2, 0.25) is 0 Å². The average molecular weight is 831 g/mol. The molecule has 0 aromatic heterocycles. The maximum Gasteiger partial charge on any atom is 0.387 e. The van der Waals surface area contributed by atoms with E-state index in [1.165, 1.54) is 126 Å². The van der Waals surface area contributed by atoms with Crippen LogP contribution in [0.4, 0.5) is 17.6 Å². The van der Waals surface area contributed by atoms with Crippen LogP contribution in [0.1, 0.15) is 167 Å². The molecule has 0 spiro atoms. The Balaban J connectivity index is 0.000000224. The molecule has 1 N–H and O–H groups in total. The molecule has 0 saturated heterocycles. The van der Waals surface area contributed by atoms with E-state index in [2.05, 4.69) is 23.3 Å². The zero-order chi connectivity index (χ0) is 42.2. The Kier molecular flexibility index (Phi) is 18.7. The summed E-state index contributed by atoms with van der Waals surface area (Å²) in [5.41, 5.74) is 1.13. The molecular formula is C49H70F4O6. The van der Waals surface area contributed by atoms with Crippen LogP contribution >= 0.6 is 0 Å². The minimum atomic E-state index is -2.86. The Morgan fingerprint density at radius 2 is 1.05 bits per heavy atom. The number of carboxylic acids is 1. The van der Waals surface area contributed by atoms with E-state index in [9.17, 15) is 32.3 Å². The van der Waals surface area contributed by atoms with Gasteiger partial charge in [0.25, 0.3) is 0 Å². The largest absolute Gasteiger partial charge is 0.481 e. The fourth-order valence-corrected chi connectivity index (χ4v) is 11.1. The standard InChI is InChI=1S/C25H36F2O3.C24H34F2O3/c1-2-3-4-5-18-6-8-20(9-7-18)25(16-14-19(15-17-25)23(28)29)21-10-12-22(13-11-21)30-24(26)27;1-2-3-4-17-5-7-18(8-6-17)19-9-11-20(12-10-19)23(27)28-21-13-15-22(16-14-21)29-24(25)26/h10-13,18-20,24H,2-9,14-17H2,1H3,(H,28,29);13-20,24H,2-12H2,1H3/t18?,19-,20?,25+;17-,18-,19-,20-. The summed E-state index contributed by atoms with van der Waals surface area (Å²) in [6.45, 7) is -1.17. The molecular weight excluding hydrogens is 761 g/mol. The Morgan fingerprint density at radius 1 is 0.593 bits per heavy atom. The molecule has 2 aromatic rings. The van der Waals surface area contributed by atoms with E-state index in [4.69, 9.17) is 4.74 Å². The summed E-state index contributed by atoms with van der Waals surface area (Å²) in [5.74, 6) is 3.32. The molecule has 59 heavy (non-hydrogen) atoms. The van der Waals surface area contributed by atoms with E-state index >= 15 is 0 Å². The van der Waals surface area contributed by atoms with Crippen LogP contribution < -0.4 is 14.2 Å². The number of halogens is 4. The molecule has 4 aliphatic rings. The number of hydrogen-bond acceptors (Lipinski definition) is 5. The van der Waals surface area contributed by atoms with Crippen molar-refractivity contribution < 1.29 is 46.5 Å². The number of hydrogen-bond donors (Lipinski definition) is 1. The number of carbonyl (C=O) groups is 2. The van der Waals surface area contributed by atoms with Gasteiger partial charge in [0.1, 0.15) is 17.2 Å². The minimum Gasteiger partial charge on any atom is -0.481 e. The van der Waals surface area contributed by atoms with Crippen LogP contribution in [0.5, 0.6) is 17.2 Å². The molecule has 6 rings (SSSR count). The van der Waals surface area contributed by atoms with Gasteiger partial charge in [0.15, 0.2) is 0 Å². The van der Waals surface area contributed by atoms with Crippen LogP contribution in [0.15, 0.2) is 48.5 Å². The highest BCUT2D eigenvalue weighted by molar-refractivity contribution is 5.75. The molecule has 0 heterocycles. The number of ether oxygens (including phenoxy) is 3. The van der Waals surface area contributed by atoms with Gasteiger partial charge >= 0.3 is 25.2 Å². The van der Waals surface area contributed by atoms with Gasteiger partial charge in [-0.1, -0.05) is 96.6 Å². The first-order valence-electron chi connectivity index (χ1n) is 23.0. The van der Waals surface area contributed by atoms with Crippen molar-refractivity contribution >= 4 is 11.9 Å². The molecule has 10 heteroatoms. The van der Waals surface area contributed by atoms with E-state index in [1.807, 2.05) is 12.1 Å². The Morgan fingerprint density at radius 3 is 1.54 bits per heavy atom. The van der Waals surface area contributed by atoms with Crippen molar-refractivity contribution in [3.05, 3.63) is 54.1 Å². The number of carbonyl (C=O) groups excluding carboxylic acids is 1. The van der Waals surface area contributed by atoms with E-state index < -0.39 is 19.2 Å². The van der Waals surface area contributed by atoms with Gasteiger partial charge < -0.3 is 19.3 Å². The normalized spacial score (nSPS) is 28.6. The van der Waals surface area contributed by atoms with Crippen molar-refractivity contribution in [1.29, 1.82) is 0 Å². The first-order chi connectivity index (χ1) is 28.5. The van der Waals surface area contributed by atoms with Gasteiger partial charge in [-0.3, -0.25) is 9.59 Å². The van der Waals surface area contributed by atoms with Crippen LogP contribution in [0, 0.1) is 41.4 Å². The lowest BCUT2D eigenvalue weighted by Gasteiger charge is -2.48. The number of aliphatic carboxylic acids is 1. The fraction of sp³-hybridized carbons (Fsp3) is 0.714. The van der Waals surface area contributed by atoms with Crippen LogP contribution in [0.3, 0.4) is 0 Å². The van der Waals surface area contributed by atoms with Gasteiger partial charge in [-0.15, -0.1) is 0 Å². The first-order valence-corrected chi connectivity index (χ1v) is 23.0. The summed E-state index contributed by atoms with van der Waals surface area (Å²) in [4.78, 5) is 24.0. The molecule has 330 valence electrons. The van der Waals surface area contributed by atoms with Crippen molar-refractivity contribution in [1.82, 2.24) is 0 Å². The Labute approximate surface area is 350 Å². The maximum absolute atomic E-state index is 12.5. The average Bonchev–Trinajstić information content (AvgIpc) is 3.24. The highest BCUT2D eigenvalue weighted by Gasteiger charge is 2.45. The molecule has 0 aliphatic heterocycles. The van der Waals surface area contributed by atoms with Crippen molar-refractivity contribution in [3.8, 4) is 17.2 Å². The zero-order valence-electron chi connectivity index (χ0n) is 35.6. The number of unbranched alkanes of at least 4 members (excludes halogenated alkanes) is 3. The van der Waals surface area contributed by atoms with Gasteiger partial charge in [0.05, 0.1) is 11.8 Å². The summed E-state index contributed by atoms with van der Waals surface area (Å²) >= 11 is 0. The van der Waals surface area contributed by atoms with Gasteiger partial charge in [-0.2, -0.15) is 17.6 Å². The van der Waals surface area contributed by atoms with Crippen LogP contribution in [-0.4, -0.2) is 30.3 Å². The molecule has 4 aliphatic carbocycles. The third-order valence-electron chi connectivity index (χ3n) is 14.6. The number of esters is 1. The molecule has 6 nitrogen and oxygen atoms in total. The van der Waals surface area contributed by atoms with Crippen molar-refractivity contribution in [2.45, 2.75) is 180 Å². The van der Waals surface area contributed by atoms with E-state index in [1.54, 1.807) is 12.1 Å². The Bertz CT molecular complexity index is 1500. The first kappa shape index (κ1) is 46.8. The lowest BCUT2D eigenvalue weighted by molar-refractivity contribution is -0.143. The van der Waals surface area contributed by atoms with Gasteiger partial charge in [0, 0.05) is 0 Å². The van der Waals surface area contributed by atoms with Gasteiger partial charge in [-0.05, 0) is 154 Å². The monoisotopic (exact) mass is 831 g/mol. The zero-order valence-corrected chi connectivity index (χ0v) is 35.6. The topological polar surface area (TPSA) is 82.1 Å². The van der Waals surface area contributed by atoms with Crippen LogP contribution in [-0.2, 0) is 15.0 Å². The third-order valence-corrected chi connectivity index (χ3v) is 14.6. The molecule has 0 amide bonds. The van der Waals surface area contributed by atoms with Crippen molar-refractivity contribution in [3.63, 3.8) is 0 Å². The number of carboxylic acid groups (broad SMARTS) is 1. The lowest BCUT2D eigenvalue weighted by atomic mass is 9.56. The quantitative estimate of drug-likeness (QED) is 0.0740. The molecule has 4 saturated carbocycles. The van der Waals surface area contributed by atoms with E-state index in [0.717, 1.165) is 62.2 Å². The molecule has 0 unspecified atom stereocenters. The second-order valence-corrected chi connectivity index (χ2v) is 18.2. The summed E-state index contributed by atoms with van der Waals surface area (Å²) in [5, 5.41) is 9.46. The predicted molar refractivity (Wildman–Crippen MR) is 223 cm³/mol. The van der Waals surface area contributed by atoms with E-state index in [0.29, 0.717) is 24.5 Å². The molecule has 0 radical (unpaired) electrons. The predicted octanol–water partition coefficient (Wildman–Crippen LogP) is 14.2. The minimum absolute atomic E-state index is 0.0380. The van der Waals surface area contributed by atoms with Crippen molar-refractivity contribution in [2.24, 2.45) is 41.4 Å². The number of alkyl halides is 4. The third kappa shape index (κ3) is 14.1. The second kappa shape index (κ2) is 23.6. The lowest BCUT2D eigenvalue weighted by Crippen LogP contribution is -2.42. The molecule has 0 bridgehead atoms. The fourth-order valence-electron chi connectivity index (χ4n) is 11.1. The highest BCUT2D eigenvalue weighted by Crippen LogP contribution is 2.52. The smallest absolute Gasteiger partial charge is 0.387 e. The summed E-state index contributed by atoms with van der Waals surface area (Å²) in [6, 6.07) is 12.9.